The van der Waals surface area contributed by atoms with E-state index in [2.05, 4.69) is 33.2 Å². The lowest BCUT2D eigenvalue weighted by Crippen LogP contribution is -2.34. The number of amides is 1. The van der Waals surface area contributed by atoms with Crippen LogP contribution in [0.5, 0.6) is 5.75 Å². The van der Waals surface area contributed by atoms with Crippen LogP contribution in [-0.2, 0) is 0 Å². The molecule has 2 rings (SSSR count). The van der Waals surface area contributed by atoms with Gasteiger partial charge in [-0.25, -0.2) is 0 Å². The second kappa shape index (κ2) is 7.55. The van der Waals surface area contributed by atoms with Gasteiger partial charge in [-0.05, 0) is 83.7 Å². The number of anilines is 1. The van der Waals surface area contributed by atoms with Crippen molar-refractivity contribution in [3.8, 4) is 5.75 Å². The van der Waals surface area contributed by atoms with Gasteiger partial charge in [0, 0.05) is 14.8 Å². The maximum Gasteiger partial charge on any atom is 0.257 e. The third-order valence-electron chi connectivity index (χ3n) is 3.01. The van der Waals surface area contributed by atoms with Gasteiger partial charge in [0.25, 0.3) is 5.91 Å². The predicted octanol–water partition coefficient (Wildman–Crippen LogP) is 3.74. The smallest absolute Gasteiger partial charge is 0.257 e. The second-order valence-electron chi connectivity index (χ2n) is 4.60. The molecule has 0 heterocycles. The van der Waals surface area contributed by atoms with Crippen LogP contribution in [0, 0.1) is 10.5 Å². The number of ether oxygens (including phenoxy) is 1. The summed E-state index contributed by atoms with van der Waals surface area (Å²) in [7, 11) is 1.61. The van der Waals surface area contributed by atoms with E-state index in [1.54, 1.807) is 13.2 Å². The van der Waals surface area contributed by atoms with Crippen molar-refractivity contribution in [2.24, 2.45) is 0 Å². The number of methoxy groups -OCH3 is 1. The van der Waals surface area contributed by atoms with Crippen molar-refractivity contribution in [1.29, 1.82) is 0 Å². The Labute approximate surface area is 148 Å². The van der Waals surface area contributed by atoms with Gasteiger partial charge >= 0.3 is 0 Å². The number of carbonyl (C=O) groups is 1. The van der Waals surface area contributed by atoms with Gasteiger partial charge in [-0.1, -0.05) is 6.07 Å². The molecule has 0 aliphatic carbocycles. The first-order valence-corrected chi connectivity index (χ1v) is 8.01. The topological polar surface area (TPSA) is 50.4 Å². The Kier molecular flexibility index (Phi) is 5.73. The van der Waals surface area contributed by atoms with Gasteiger partial charge < -0.3 is 10.1 Å². The number of nitrogens with one attached hydrogen (secondary N) is 2. The quantitative estimate of drug-likeness (QED) is 0.580. The normalized spacial score (nSPS) is 9.95. The van der Waals surface area contributed by atoms with Crippen molar-refractivity contribution in [2.75, 3.05) is 12.4 Å². The van der Waals surface area contributed by atoms with Crippen LogP contribution in [-0.4, -0.2) is 18.1 Å². The SMILES string of the molecule is COc1ccc(NC(=S)NC(=O)c2ccc(C)c(I)c2)cc1. The lowest BCUT2D eigenvalue weighted by Gasteiger charge is -2.10. The van der Waals surface area contributed by atoms with E-state index in [0.717, 1.165) is 20.6 Å². The van der Waals surface area contributed by atoms with Crippen LogP contribution in [0.4, 0.5) is 5.69 Å². The zero-order valence-electron chi connectivity index (χ0n) is 12.1. The van der Waals surface area contributed by atoms with Crippen molar-refractivity contribution >= 4 is 51.5 Å². The molecule has 4 nitrogen and oxygen atoms in total. The minimum absolute atomic E-state index is 0.232. The average molecular weight is 426 g/mol. The minimum Gasteiger partial charge on any atom is -0.497 e. The molecule has 0 atom stereocenters. The van der Waals surface area contributed by atoms with E-state index in [1.807, 2.05) is 43.3 Å². The van der Waals surface area contributed by atoms with E-state index in [1.165, 1.54) is 0 Å². The maximum absolute atomic E-state index is 12.1. The van der Waals surface area contributed by atoms with Crippen molar-refractivity contribution in [1.82, 2.24) is 5.32 Å². The zero-order chi connectivity index (χ0) is 16.1. The monoisotopic (exact) mass is 426 g/mol. The summed E-state index contributed by atoms with van der Waals surface area (Å²) in [5, 5.41) is 5.88. The first-order chi connectivity index (χ1) is 10.5. The third kappa shape index (κ3) is 4.41. The van der Waals surface area contributed by atoms with E-state index in [4.69, 9.17) is 17.0 Å². The molecule has 0 aromatic heterocycles. The van der Waals surface area contributed by atoms with Crippen molar-refractivity contribution in [3.63, 3.8) is 0 Å². The van der Waals surface area contributed by atoms with Gasteiger partial charge in [0.15, 0.2) is 5.11 Å². The number of hydrogen-bond acceptors (Lipinski definition) is 3. The molecule has 0 saturated carbocycles. The first-order valence-electron chi connectivity index (χ1n) is 6.52. The van der Waals surface area contributed by atoms with E-state index in [-0.39, 0.29) is 11.0 Å². The minimum atomic E-state index is -0.232. The molecule has 6 heteroatoms. The van der Waals surface area contributed by atoms with Gasteiger partial charge in [0.1, 0.15) is 5.75 Å². The molecule has 114 valence electrons. The van der Waals surface area contributed by atoms with Crippen LogP contribution in [0.15, 0.2) is 42.5 Å². The highest BCUT2D eigenvalue weighted by atomic mass is 127. The molecule has 2 aromatic carbocycles. The van der Waals surface area contributed by atoms with Crippen molar-refractivity contribution in [2.45, 2.75) is 6.92 Å². The number of rotatable bonds is 3. The molecule has 0 unspecified atom stereocenters. The van der Waals surface area contributed by atoms with E-state index < -0.39 is 0 Å². The summed E-state index contributed by atoms with van der Waals surface area (Å²) in [5.41, 5.74) is 2.49. The van der Waals surface area contributed by atoms with Crippen LogP contribution in [0.3, 0.4) is 0 Å². The van der Waals surface area contributed by atoms with Crippen molar-refractivity contribution in [3.05, 3.63) is 57.2 Å². The summed E-state index contributed by atoms with van der Waals surface area (Å²) in [6.45, 7) is 2.00. The molecule has 0 fully saturated rings. The number of carbonyl (C=O) groups excluding carboxylic acids is 1. The fourth-order valence-electron chi connectivity index (χ4n) is 1.75. The van der Waals surface area contributed by atoms with E-state index >= 15 is 0 Å². The van der Waals surface area contributed by atoms with Gasteiger partial charge in [0.2, 0.25) is 0 Å². The molecule has 0 aliphatic rings. The Balaban J connectivity index is 1.98. The summed E-state index contributed by atoms with van der Waals surface area (Å²) >= 11 is 7.36. The Bertz CT molecular complexity index is 702. The summed E-state index contributed by atoms with van der Waals surface area (Å²) in [6.07, 6.45) is 0. The largest absolute Gasteiger partial charge is 0.497 e. The van der Waals surface area contributed by atoms with Crippen LogP contribution in [0.25, 0.3) is 0 Å². The standard InChI is InChI=1S/C16H15IN2O2S/c1-10-3-4-11(9-14(10)17)15(20)19-16(22)18-12-5-7-13(21-2)8-6-12/h3-9H,1-2H3,(H2,18,19,20,22). The Morgan fingerprint density at radius 2 is 1.86 bits per heavy atom. The molecule has 0 radical (unpaired) electrons. The van der Waals surface area contributed by atoms with Gasteiger partial charge in [-0.3, -0.25) is 10.1 Å². The molecule has 1 amide bonds. The number of benzene rings is 2. The van der Waals surface area contributed by atoms with E-state index in [0.29, 0.717) is 5.56 Å². The summed E-state index contributed by atoms with van der Waals surface area (Å²) in [5.74, 6) is 0.527. The molecule has 0 saturated heterocycles. The predicted molar refractivity (Wildman–Crippen MR) is 101 cm³/mol. The molecule has 0 bridgehead atoms. The van der Waals surface area contributed by atoms with Crippen LogP contribution in [0.1, 0.15) is 15.9 Å². The third-order valence-corrected chi connectivity index (χ3v) is 4.38. The fourth-order valence-corrected chi connectivity index (χ4v) is 2.47. The number of hydrogen-bond donors (Lipinski definition) is 2. The van der Waals surface area contributed by atoms with E-state index in [9.17, 15) is 4.79 Å². The summed E-state index contributed by atoms with van der Waals surface area (Å²) < 4.78 is 6.13. The van der Waals surface area contributed by atoms with Crippen LogP contribution < -0.4 is 15.4 Å². The summed E-state index contributed by atoms with van der Waals surface area (Å²) in [4.78, 5) is 12.1. The molecular formula is C16H15IN2O2S. The second-order valence-corrected chi connectivity index (χ2v) is 6.17. The lowest BCUT2D eigenvalue weighted by atomic mass is 10.1. The number of halogens is 1. The lowest BCUT2D eigenvalue weighted by molar-refractivity contribution is 0.0977. The summed E-state index contributed by atoms with van der Waals surface area (Å²) in [6, 6.07) is 12.8. The Hall–Kier alpha value is -1.67. The van der Waals surface area contributed by atoms with Gasteiger partial charge in [-0.15, -0.1) is 0 Å². The number of aryl methyl sites for hydroxylation is 1. The van der Waals surface area contributed by atoms with Crippen molar-refractivity contribution < 1.29 is 9.53 Å². The highest BCUT2D eigenvalue weighted by molar-refractivity contribution is 14.1. The maximum atomic E-state index is 12.1. The highest BCUT2D eigenvalue weighted by Crippen LogP contribution is 2.15. The molecule has 2 aromatic rings. The molecule has 0 aliphatic heterocycles. The molecule has 22 heavy (non-hydrogen) atoms. The fraction of sp³-hybridized carbons (Fsp3) is 0.125. The molecular weight excluding hydrogens is 411 g/mol. The van der Waals surface area contributed by atoms with Gasteiger partial charge in [0.05, 0.1) is 7.11 Å². The van der Waals surface area contributed by atoms with Crippen LogP contribution in [0.2, 0.25) is 0 Å². The average Bonchev–Trinajstić information content (AvgIpc) is 2.50. The van der Waals surface area contributed by atoms with Crippen LogP contribution >= 0.6 is 34.8 Å². The Morgan fingerprint density at radius 3 is 2.45 bits per heavy atom. The highest BCUT2D eigenvalue weighted by Gasteiger charge is 2.09. The molecule has 0 spiro atoms. The Morgan fingerprint density at radius 1 is 1.18 bits per heavy atom. The number of thiocarbonyl (C=S) groups is 1. The van der Waals surface area contributed by atoms with Gasteiger partial charge in [-0.2, -0.15) is 0 Å². The first kappa shape index (κ1) is 16.7. The zero-order valence-corrected chi connectivity index (χ0v) is 15.1. The molecule has 2 N–H and O–H groups in total.